The van der Waals surface area contributed by atoms with Crippen LogP contribution in [0.3, 0.4) is 0 Å². The summed E-state index contributed by atoms with van der Waals surface area (Å²) >= 11 is 8.25. The Balaban J connectivity index is 1.83. The lowest BCUT2D eigenvalue weighted by Gasteiger charge is -2.36. The Morgan fingerprint density at radius 2 is 2.33 bits per heavy atom. The summed E-state index contributed by atoms with van der Waals surface area (Å²) in [6, 6.07) is 0. The summed E-state index contributed by atoms with van der Waals surface area (Å²) in [5, 5.41) is 0. The number of likely N-dealkylation sites (N-methyl/N-ethyl adjacent to an activating group) is 1. The molecule has 4 nitrogen and oxygen atoms in total. The molecular weight excluding hydrogens is 268 g/mol. The molecule has 6 heteroatoms. The minimum absolute atomic E-state index is 0.0296. The number of fused-ring (bicyclic) bond motifs is 1. The predicted octanol–water partition coefficient (Wildman–Crippen LogP) is 1.83. The highest BCUT2D eigenvalue weighted by Gasteiger charge is 2.26. The van der Waals surface area contributed by atoms with E-state index in [1.807, 2.05) is 18.0 Å². The van der Waals surface area contributed by atoms with Gasteiger partial charge in [0, 0.05) is 30.7 Å². The van der Waals surface area contributed by atoms with Gasteiger partial charge in [-0.1, -0.05) is 11.6 Å². The molecule has 0 spiro atoms. The maximum atomic E-state index is 6.39. The molecule has 98 valence electrons. The number of piperazine rings is 1. The van der Waals surface area contributed by atoms with Crippen LogP contribution >= 0.6 is 23.4 Å². The van der Waals surface area contributed by atoms with Crippen LogP contribution in [-0.4, -0.2) is 52.8 Å². The van der Waals surface area contributed by atoms with Gasteiger partial charge in [0.1, 0.15) is 5.50 Å². The first-order valence-corrected chi connectivity index (χ1v) is 7.74. The average Bonchev–Trinajstić information content (AvgIpc) is 2.38. The zero-order valence-electron chi connectivity index (χ0n) is 10.5. The molecule has 1 aromatic rings. The standard InChI is InChI=1S/C12H17ClN4S/c1-16-4-5-17(11(13)8-16)12-14-7-10-9(15-12)3-2-6-18-10/h7,11H,2-6,8H2,1H3. The summed E-state index contributed by atoms with van der Waals surface area (Å²) in [5.74, 6) is 1.98. The summed E-state index contributed by atoms with van der Waals surface area (Å²) in [5.41, 5.74) is 1.16. The Kier molecular flexibility index (Phi) is 3.63. The topological polar surface area (TPSA) is 32.3 Å². The van der Waals surface area contributed by atoms with Gasteiger partial charge in [0.2, 0.25) is 5.95 Å². The first-order valence-electron chi connectivity index (χ1n) is 6.32. The van der Waals surface area contributed by atoms with Crippen molar-refractivity contribution in [3.05, 3.63) is 11.9 Å². The molecule has 0 amide bonds. The molecule has 0 aliphatic carbocycles. The fourth-order valence-corrected chi connectivity index (χ4v) is 3.72. The molecule has 1 unspecified atom stereocenters. The van der Waals surface area contributed by atoms with Crippen molar-refractivity contribution in [2.24, 2.45) is 0 Å². The number of rotatable bonds is 1. The second-order valence-electron chi connectivity index (χ2n) is 4.82. The molecule has 1 atom stereocenters. The second kappa shape index (κ2) is 5.23. The molecule has 0 bridgehead atoms. The summed E-state index contributed by atoms with van der Waals surface area (Å²) in [7, 11) is 2.09. The van der Waals surface area contributed by atoms with Crippen molar-refractivity contribution < 1.29 is 0 Å². The highest BCUT2D eigenvalue weighted by atomic mass is 35.5. The molecule has 1 aromatic heterocycles. The molecule has 1 fully saturated rings. The van der Waals surface area contributed by atoms with E-state index in [9.17, 15) is 0 Å². The molecule has 0 N–H and O–H groups in total. The number of hydrogen-bond donors (Lipinski definition) is 0. The lowest BCUT2D eigenvalue weighted by molar-refractivity contribution is 0.297. The Morgan fingerprint density at radius 3 is 3.17 bits per heavy atom. The number of aryl methyl sites for hydroxylation is 1. The highest BCUT2D eigenvalue weighted by molar-refractivity contribution is 7.99. The van der Waals surface area contributed by atoms with Crippen molar-refractivity contribution in [1.29, 1.82) is 0 Å². The van der Waals surface area contributed by atoms with Crippen molar-refractivity contribution >= 4 is 29.3 Å². The first kappa shape index (κ1) is 12.5. The van der Waals surface area contributed by atoms with E-state index in [0.29, 0.717) is 0 Å². The Bertz CT molecular complexity index is 442. The molecule has 0 radical (unpaired) electrons. The van der Waals surface area contributed by atoms with E-state index in [1.165, 1.54) is 22.8 Å². The van der Waals surface area contributed by atoms with E-state index in [0.717, 1.165) is 32.0 Å². The zero-order chi connectivity index (χ0) is 12.5. The fraction of sp³-hybridized carbons (Fsp3) is 0.667. The van der Waals surface area contributed by atoms with Crippen LogP contribution in [0.15, 0.2) is 11.1 Å². The number of nitrogens with zero attached hydrogens (tertiary/aromatic N) is 4. The van der Waals surface area contributed by atoms with Crippen LogP contribution in [-0.2, 0) is 6.42 Å². The molecule has 1 saturated heterocycles. The molecule has 3 heterocycles. The maximum absolute atomic E-state index is 6.39. The van der Waals surface area contributed by atoms with Crippen LogP contribution in [0.1, 0.15) is 12.1 Å². The SMILES string of the molecule is CN1CCN(c2ncc3c(n2)CCCS3)C(Cl)C1. The Hall–Kier alpha value is -0.520. The third kappa shape index (κ3) is 2.44. The van der Waals surface area contributed by atoms with Crippen molar-refractivity contribution in [3.8, 4) is 0 Å². The van der Waals surface area contributed by atoms with Crippen LogP contribution in [0, 0.1) is 0 Å². The van der Waals surface area contributed by atoms with Gasteiger partial charge in [0.15, 0.2) is 0 Å². The smallest absolute Gasteiger partial charge is 0.226 e. The number of anilines is 1. The van der Waals surface area contributed by atoms with Gasteiger partial charge in [-0.05, 0) is 25.6 Å². The van der Waals surface area contributed by atoms with Gasteiger partial charge in [-0.25, -0.2) is 9.97 Å². The monoisotopic (exact) mass is 284 g/mol. The van der Waals surface area contributed by atoms with E-state index < -0.39 is 0 Å². The number of thioether (sulfide) groups is 1. The summed E-state index contributed by atoms with van der Waals surface area (Å²) < 4.78 is 0. The van der Waals surface area contributed by atoms with Crippen LogP contribution < -0.4 is 4.90 Å². The van der Waals surface area contributed by atoms with Crippen molar-refractivity contribution in [2.45, 2.75) is 23.2 Å². The van der Waals surface area contributed by atoms with Gasteiger partial charge < -0.3 is 9.80 Å². The first-order chi connectivity index (χ1) is 8.74. The van der Waals surface area contributed by atoms with Crippen LogP contribution in [0.2, 0.25) is 0 Å². The van der Waals surface area contributed by atoms with Crippen molar-refractivity contribution in [2.75, 3.05) is 37.3 Å². The minimum Gasteiger partial charge on any atom is -0.322 e. The maximum Gasteiger partial charge on any atom is 0.226 e. The van der Waals surface area contributed by atoms with E-state index in [1.54, 1.807) is 0 Å². The number of aromatic nitrogens is 2. The summed E-state index contributed by atoms with van der Waals surface area (Å²) in [6.07, 6.45) is 4.24. The lowest BCUT2D eigenvalue weighted by atomic mass is 10.2. The molecule has 18 heavy (non-hydrogen) atoms. The molecule has 2 aliphatic heterocycles. The van der Waals surface area contributed by atoms with Crippen LogP contribution in [0.4, 0.5) is 5.95 Å². The van der Waals surface area contributed by atoms with Gasteiger partial charge in [-0.15, -0.1) is 11.8 Å². The number of halogens is 1. The lowest BCUT2D eigenvalue weighted by Crippen LogP contribution is -2.50. The quantitative estimate of drug-likeness (QED) is 0.580. The summed E-state index contributed by atoms with van der Waals surface area (Å²) in [6.45, 7) is 2.77. The van der Waals surface area contributed by atoms with Gasteiger partial charge in [0.05, 0.1) is 5.69 Å². The van der Waals surface area contributed by atoms with Crippen molar-refractivity contribution in [3.63, 3.8) is 0 Å². The molecule has 0 aromatic carbocycles. The third-order valence-corrected chi connectivity index (χ3v) is 4.93. The van der Waals surface area contributed by atoms with Gasteiger partial charge in [0.25, 0.3) is 0 Å². The largest absolute Gasteiger partial charge is 0.322 e. The molecule has 2 aliphatic rings. The van der Waals surface area contributed by atoms with E-state index in [2.05, 4.69) is 21.8 Å². The second-order valence-corrected chi connectivity index (χ2v) is 6.46. The van der Waals surface area contributed by atoms with Crippen LogP contribution in [0.5, 0.6) is 0 Å². The molecule has 3 rings (SSSR count). The van der Waals surface area contributed by atoms with E-state index in [4.69, 9.17) is 16.6 Å². The van der Waals surface area contributed by atoms with Gasteiger partial charge >= 0.3 is 0 Å². The Labute approximate surface area is 117 Å². The molecular formula is C12H17ClN4S. The normalized spacial score (nSPS) is 25.0. The van der Waals surface area contributed by atoms with E-state index in [-0.39, 0.29) is 5.50 Å². The van der Waals surface area contributed by atoms with Gasteiger partial charge in [-0.2, -0.15) is 0 Å². The number of alkyl halides is 1. The Morgan fingerprint density at radius 1 is 1.44 bits per heavy atom. The predicted molar refractivity (Wildman–Crippen MR) is 75.6 cm³/mol. The van der Waals surface area contributed by atoms with Crippen molar-refractivity contribution in [1.82, 2.24) is 14.9 Å². The summed E-state index contributed by atoms with van der Waals surface area (Å²) in [4.78, 5) is 14.8. The zero-order valence-corrected chi connectivity index (χ0v) is 12.0. The average molecular weight is 285 g/mol. The fourth-order valence-electron chi connectivity index (χ4n) is 2.35. The number of hydrogen-bond acceptors (Lipinski definition) is 5. The molecule has 0 saturated carbocycles. The highest BCUT2D eigenvalue weighted by Crippen LogP contribution is 2.29. The van der Waals surface area contributed by atoms with Gasteiger partial charge in [-0.3, -0.25) is 0 Å². The van der Waals surface area contributed by atoms with Crippen LogP contribution in [0.25, 0.3) is 0 Å². The van der Waals surface area contributed by atoms with E-state index >= 15 is 0 Å². The minimum atomic E-state index is -0.0296. The third-order valence-electron chi connectivity index (χ3n) is 3.41.